The second kappa shape index (κ2) is 2.93. The lowest BCUT2D eigenvalue weighted by molar-refractivity contribution is 0.409. The number of rotatable bonds is 2. The van der Waals surface area contributed by atoms with Crippen LogP contribution in [0.2, 0.25) is 0 Å². The number of methoxy groups -OCH3 is 2. The zero-order chi connectivity index (χ0) is 9.26. The van der Waals surface area contributed by atoms with Crippen LogP contribution in [0.4, 0.5) is 0 Å². The molecule has 2 aromatic rings. The summed E-state index contributed by atoms with van der Waals surface area (Å²) < 4.78 is 10.2. The van der Waals surface area contributed by atoms with Gasteiger partial charge >= 0.3 is 0 Å². The molecule has 0 atom stereocenters. The van der Waals surface area contributed by atoms with Crippen molar-refractivity contribution in [2.45, 2.75) is 0 Å². The lowest BCUT2D eigenvalue weighted by Crippen LogP contribution is -1.88. The summed E-state index contributed by atoms with van der Waals surface area (Å²) in [5.41, 5.74) is 1.36. The Morgan fingerprint density at radius 3 is 1.85 bits per heavy atom. The van der Waals surface area contributed by atoms with Gasteiger partial charge in [-0.1, -0.05) is 0 Å². The maximum absolute atomic E-state index is 5.11. The average molecular weight is 179 g/mol. The third-order valence-corrected chi connectivity index (χ3v) is 1.84. The zero-order valence-corrected chi connectivity index (χ0v) is 7.37. The Labute approximate surface area is 74.7 Å². The van der Waals surface area contributed by atoms with Gasteiger partial charge in [0.1, 0.15) is 11.5 Å². The molecular formula is C8H9N3O2. The van der Waals surface area contributed by atoms with E-state index in [1.807, 2.05) is 0 Å². The van der Waals surface area contributed by atoms with E-state index < -0.39 is 0 Å². The van der Waals surface area contributed by atoms with Gasteiger partial charge in [-0.2, -0.15) is 15.4 Å². The molecule has 0 unspecified atom stereocenters. The predicted octanol–water partition coefficient (Wildman–Crippen LogP) is 0.975. The van der Waals surface area contributed by atoms with Crippen LogP contribution < -0.4 is 9.47 Å². The van der Waals surface area contributed by atoms with Crippen LogP contribution in [-0.2, 0) is 0 Å². The largest absolute Gasteiger partial charge is 0.494 e. The molecule has 0 bridgehead atoms. The molecule has 2 rings (SSSR count). The Morgan fingerprint density at radius 2 is 1.46 bits per heavy atom. The molecule has 0 amide bonds. The molecule has 1 aromatic heterocycles. The minimum absolute atomic E-state index is 0.682. The van der Waals surface area contributed by atoms with E-state index in [9.17, 15) is 0 Å². The molecule has 0 radical (unpaired) electrons. The molecule has 1 heterocycles. The maximum Gasteiger partial charge on any atom is 0.158 e. The molecule has 0 aliphatic rings. The number of hydrogen-bond donors (Lipinski definition) is 1. The summed E-state index contributed by atoms with van der Waals surface area (Å²) in [5.74, 6) is 1.37. The topological polar surface area (TPSA) is 60.0 Å². The van der Waals surface area contributed by atoms with Crippen LogP contribution in [0.1, 0.15) is 0 Å². The van der Waals surface area contributed by atoms with Crippen molar-refractivity contribution >= 4 is 11.0 Å². The highest BCUT2D eigenvalue weighted by atomic mass is 16.5. The highest BCUT2D eigenvalue weighted by molar-refractivity contribution is 5.86. The molecule has 68 valence electrons. The van der Waals surface area contributed by atoms with E-state index in [1.54, 1.807) is 26.4 Å². The minimum atomic E-state index is 0.682. The molecular weight excluding hydrogens is 170 g/mol. The highest BCUT2D eigenvalue weighted by Gasteiger charge is 2.09. The van der Waals surface area contributed by atoms with E-state index in [2.05, 4.69) is 15.4 Å². The minimum Gasteiger partial charge on any atom is -0.494 e. The Morgan fingerprint density at radius 1 is 1.00 bits per heavy atom. The van der Waals surface area contributed by atoms with Crippen molar-refractivity contribution in [1.82, 2.24) is 15.4 Å². The van der Waals surface area contributed by atoms with Crippen molar-refractivity contribution in [2.24, 2.45) is 0 Å². The SMILES string of the molecule is COc1ccc(OC)c2n[nH]nc12. The van der Waals surface area contributed by atoms with E-state index in [4.69, 9.17) is 9.47 Å². The molecule has 0 aliphatic heterocycles. The molecule has 0 spiro atoms. The molecule has 1 aromatic carbocycles. The quantitative estimate of drug-likeness (QED) is 0.746. The van der Waals surface area contributed by atoms with E-state index >= 15 is 0 Å². The van der Waals surface area contributed by atoms with Gasteiger partial charge in [-0.15, -0.1) is 0 Å². The lowest BCUT2D eigenvalue weighted by Gasteiger charge is -2.02. The Balaban J connectivity index is 2.74. The zero-order valence-electron chi connectivity index (χ0n) is 7.37. The summed E-state index contributed by atoms with van der Waals surface area (Å²) in [7, 11) is 3.19. The van der Waals surface area contributed by atoms with Gasteiger partial charge in [0.25, 0.3) is 0 Å². The summed E-state index contributed by atoms with van der Waals surface area (Å²) >= 11 is 0. The second-order valence-electron chi connectivity index (χ2n) is 2.49. The van der Waals surface area contributed by atoms with Crippen molar-refractivity contribution in [1.29, 1.82) is 0 Å². The van der Waals surface area contributed by atoms with E-state index in [0.717, 1.165) is 0 Å². The second-order valence-corrected chi connectivity index (χ2v) is 2.49. The first-order valence-corrected chi connectivity index (χ1v) is 3.78. The number of aromatic nitrogens is 3. The average Bonchev–Trinajstić information content (AvgIpc) is 2.64. The number of fused-ring (bicyclic) bond motifs is 1. The Hall–Kier alpha value is -1.78. The van der Waals surface area contributed by atoms with Gasteiger partial charge in [0.2, 0.25) is 0 Å². The first-order chi connectivity index (χ1) is 6.36. The van der Waals surface area contributed by atoms with E-state index in [0.29, 0.717) is 22.5 Å². The van der Waals surface area contributed by atoms with Gasteiger partial charge in [-0.05, 0) is 12.1 Å². The van der Waals surface area contributed by atoms with Crippen molar-refractivity contribution < 1.29 is 9.47 Å². The van der Waals surface area contributed by atoms with Crippen LogP contribution in [0.3, 0.4) is 0 Å². The van der Waals surface area contributed by atoms with Gasteiger partial charge < -0.3 is 9.47 Å². The van der Waals surface area contributed by atoms with Crippen LogP contribution in [0.5, 0.6) is 11.5 Å². The Bertz CT molecular complexity index is 386. The molecule has 13 heavy (non-hydrogen) atoms. The number of nitrogens with zero attached hydrogens (tertiary/aromatic N) is 2. The lowest BCUT2D eigenvalue weighted by atomic mass is 10.2. The van der Waals surface area contributed by atoms with Crippen LogP contribution in [0.15, 0.2) is 12.1 Å². The first kappa shape index (κ1) is 7.85. The number of nitrogens with one attached hydrogen (secondary N) is 1. The third-order valence-electron chi connectivity index (χ3n) is 1.84. The maximum atomic E-state index is 5.11. The van der Waals surface area contributed by atoms with Gasteiger partial charge in [-0.3, -0.25) is 0 Å². The van der Waals surface area contributed by atoms with Crippen LogP contribution in [0, 0.1) is 0 Å². The van der Waals surface area contributed by atoms with Gasteiger partial charge in [0.05, 0.1) is 14.2 Å². The summed E-state index contributed by atoms with van der Waals surface area (Å²) in [5, 5.41) is 10.4. The van der Waals surface area contributed by atoms with Crippen molar-refractivity contribution in [3.8, 4) is 11.5 Å². The number of benzene rings is 1. The smallest absolute Gasteiger partial charge is 0.158 e. The summed E-state index contributed by atoms with van der Waals surface area (Å²) in [6.45, 7) is 0. The van der Waals surface area contributed by atoms with Crippen LogP contribution in [0.25, 0.3) is 11.0 Å². The molecule has 5 nitrogen and oxygen atoms in total. The van der Waals surface area contributed by atoms with Gasteiger partial charge in [0.15, 0.2) is 11.0 Å². The van der Waals surface area contributed by atoms with Crippen molar-refractivity contribution in [2.75, 3.05) is 14.2 Å². The summed E-state index contributed by atoms with van der Waals surface area (Å²) in [6, 6.07) is 3.59. The molecule has 0 saturated carbocycles. The third kappa shape index (κ3) is 1.09. The normalized spacial score (nSPS) is 10.3. The van der Waals surface area contributed by atoms with Gasteiger partial charge in [0, 0.05) is 0 Å². The number of hydrogen-bond acceptors (Lipinski definition) is 4. The summed E-state index contributed by atoms with van der Waals surface area (Å²) in [6.07, 6.45) is 0. The Kier molecular flexibility index (Phi) is 1.77. The fraction of sp³-hybridized carbons (Fsp3) is 0.250. The molecule has 0 saturated heterocycles. The summed E-state index contributed by atoms with van der Waals surface area (Å²) in [4.78, 5) is 0. The molecule has 0 fully saturated rings. The first-order valence-electron chi connectivity index (χ1n) is 3.78. The molecule has 1 N–H and O–H groups in total. The number of aromatic amines is 1. The van der Waals surface area contributed by atoms with E-state index in [-0.39, 0.29) is 0 Å². The monoisotopic (exact) mass is 179 g/mol. The number of ether oxygens (including phenoxy) is 2. The van der Waals surface area contributed by atoms with Crippen molar-refractivity contribution in [3.05, 3.63) is 12.1 Å². The fourth-order valence-corrected chi connectivity index (χ4v) is 1.21. The predicted molar refractivity (Wildman–Crippen MR) is 47.0 cm³/mol. The van der Waals surface area contributed by atoms with Crippen molar-refractivity contribution in [3.63, 3.8) is 0 Å². The number of H-pyrrole nitrogens is 1. The standard InChI is InChI=1S/C8H9N3O2/c1-12-5-3-4-6(13-2)8-7(5)9-11-10-8/h3-4H,1-2H3,(H,9,10,11). The highest BCUT2D eigenvalue weighted by Crippen LogP contribution is 2.28. The van der Waals surface area contributed by atoms with E-state index in [1.165, 1.54) is 0 Å². The van der Waals surface area contributed by atoms with Gasteiger partial charge in [-0.25, -0.2) is 0 Å². The molecule has 0 aliphatic carbocycles. The van der Waals surface area contributed by atoms with Crippen LogP contribution in [-0.4, -0.2) is 29.6 Å². The molecule has 5 heteroatoms. The van der Waals surface area contributed by atoms with Crippen LogP contribution >= 0.6 is 0 Å². The fourth-order valence-electron chi connectivity index (χ4n) is 1.21.